The van der Waals surface area contributed by atoms with Crippen LogP contribution in [0.15, 0.2) is 0 Å². The average Bonchev–Trinajstić information content (AvgIpc) is 2.36. The number of hydrogen-bond acceptors (Lipinski definition) is 4. The highest BCUT2D eigenvalue weighted by Gasteiger charge is 2.21. The van der Waals surface area contributed by atoms with Gasteiger partial charge in [0.2, 0.25) is 0 Å². The standard InChI is InChI=1S/C15H29N3O4/c1-11(16-14(20)22-15(2,3)4)10-18(5)13(19)17-12-6-8-21-9-7-12/h11-12H,6-10H2,1-5H3,(H,16,20)(H,17,19). The molecule has 1 heterocycles. The number of nitrogens with one attached hydrogen (secondary N) is 2. The Hall–Kier alpha value is -1.50. The van der Waals surface area contributed by atoms with Crippen LogP contribution >= 0.6 is 0 Å². The predicted octanol–water partition coefficient (Wildman–Crippen LogP) is 1.72. The second kappa shape index (κ2) is 8.22. The molecule has 0 bridgehead atoms. The normalized spacial score (nSPS) is 17.5. The van der Waals surface area contributed by atoms with Crippen LogP contribution in [0.25, 0.3) is 0 Å². The van der Waals surface area contributed by atoms with Gasteiger partial charge in [-0.3, -0.25) is 0 Å². The monoisotopic (exact) mass is 315 g/mol. The molecule has 7 nitrogen and oxygen atoms in total. The molecule has 0 spiro atoms. The molecule has 3 amide bonds. The van der Waals surface area contributed by atoms with Gasteiger partial charge in [0.15, 0.2) is 0 Å². The summed E-state index contributed by atoms with van der Waals surface area (Å²) in [5.41, 5.74) is -0.532. The molecule has 0 aliphatic carbocycles. The minimum Gasteiger partial charge on any atom is -0.444 e. The maximum Gasteiger partial charge on any atom is 0.407 e. The number of ether oxygens (including phenoxy) is 2. The molecule has 0 saturated carbocycles. The van der Waals surface area contributed by atoms with Gasteiger partial charge >= 0.3 is 12.1 Å². The lowest BCUT2D eigenvalue weighted by atomic mass is 10.1. The van der Waals surface area contributed by atoms with Crippen molar-refractivity contribution in [1.82, 2.24) is 15.5 Å². The Bertz CT molecular complexity index is 375. The van der Waals surface area contributed by atoms with E-state index in [0.717, 1.165) is 12.8 Å². The van der Waals surface area contributed by atoms with E-state index in [4.69, 9.17) is 9.47 Å². The van der Waals surface area contributed by atoms with Crippen LogP contribution < -0.4 is 10.6 Å². The Morgan fingerprint density at radius 1 is 1.32 bits per heavy atom. The van der Waals surface area contributed by atoms with Crippen molar-refractivity contribution >= 4 is 12.1 Å². The molecule has 1 fully saturated rings. The van der Waals surface area contributed by atoms with E-state index in [1.165, 1.54) is 0 Å². The molecule has 7 heteroatoms. The molecule has 0 radical (unpaired) electrons. The summed E-state index contributed by atoms with van der Waals surface area (Å²) in [7, 11) is 1.71. The Balaban J connectivity index is 2.31. The molecule has 1 unspecified atom stereocenters. The molecule has 1 rings (SSSR count). The predicted molar refractivity (Wildman–Crippen MR) is 83.8 cm³/mol. The van der Waals surface area contributed by atoms with Gasteiger partial charge in [0.1, 0.15) is 5.60 Å². The van der Waals surface area contributed by atoms with Gasteiger partial charge in [0, 0.05) is 38.9 Å². The fraction of sp³-hybridized carbons (Fsp3) is 0.867. The molecule has 0 aromatic rings. The Morgan fingerprint density at radius 3 is 2.45 bits per heavy atom. The Morgan fingerprint density at radius 2 is 1.91 bits per heavy atom. The second-order valence-corrected chi connectivity index (χ2v) is 6.76. The molecule has 22 heavy (non-hydrogen) atoms. The van der Waals surface area contributed by atoms with Crippen LogP contribution in [-0.4, -0.2) is 61.5 Å². The maximum absolute atomic E-state index is 12.1. The van der Waals surface area contributed by atoms with Crippen LogP contribution in [-0.2, 0) is 9.47 Å². The minimum atomic E-state index is -0.532. The Kier molecular flexibility index (Phi) is 6.93. The molecule has 1 atom stereocenters. The van der Waals surface area contributed by atoms with Crippen molar-refractivity contribution in [2.45, 2.75) is 58.2 Å². The molecule has 1 aliphatic rings. The highest BCUT2D eigenvalue weighted by atomic mass is 16.6. The lowest BCUT2D eigenvalue weighted by Gasteiger charge is -2.28. The largest absolute Gasteiger partial charge is 0.444 e. The lowest BCUT2D eigenvalue weighted by Crippen LogP contribution is -2.49. The summed E-state index contributed by atoms with van der Waals surface area (Å²) >= 11 is 0. The van der Waals surface area contributed by atoms with Crippen molar-refractivity contribution in [1.29, 1.82) is 0 Å². The molecule has 128 valence electrons. The van der Waals surface area contributed by atoms with E-state index in [0.29, 0.717) is 19.8 Å². The summed E-state index contributed by atoms with van der Waals surface area (Å²) in [5.74, 6) is 0. The van der Waals surface area contributed by atoms with Crippen molar-refractivity contribution in [2.24, 2.45) is 0 Å². The van der Waals surface area contributed by atoms with Crippen molar-refractivity contribution in [3.63, 3.8) is 0 Å². The van der Waals surface area contributed by atoms with Gasteiger partial charge in [-0.25, -0.2) is 9.59 Å². The zero-order valence-corrected chi connectivity index (χ0v) is 14.3. The quantitative estimate of drug-likeness (QED) is 0.828. The highest BCUT2D eigenvalue weighted by molar-refractivity contribution is 5.74. The number of rotatable bonds is 4. The first kappa shape index (κ1) is 18.5. The average molecular weight is 315 g/mol. The number of carbonyl (C=O) groups is 2. The van der Waals surface area contributed by atoms with Gasteiger partial charge in [-0.2, -0.15) is 0 Å². The lowest BCUT2D eigenvalue weighted by molar-refractivity contribution is 0.0500. The van der Waals surface area contributed by atoms with Crippen molar-refractivity contribution in [2.75, 3.05) is 26.8 Å². The third-order valence-electron chi connectivity index (χ3n) is 3.21. The van der Waals surface area contributed by atoms with E-state index in [-0.39, 0.29) is 18.1 Å². The molecule has 0 aromatic carbocycles. The first-order chi connectivity index (χ1) is 10.2. The first-order valence-corrected chi connectivity index (χ1v) is 7.76. The number of likely N-dealkylation sites (N-methyl/N-ethyl adjacent to an activating group) is 1. The zero-order chi connectivity index (χ0) is 16.8. The fourth-order valence-corrected chi connectivity index (χ4v) is 2.17. The minimum absolute atomic E-state index is 0.135. The van der Waals surface area contributed by atoms with E-state index < -0.39 is 11.7 Å². The van der Waals surface area contributed by atoms with E-state index >= 15 is 0 Å². The van der Waals surface area contributed by atoms with Crippen LogP contribution in [0.4, 0.5) is 9.59 Å². The van der Waals surface area contributed by atoms with Crippen molar-refractivity contribution < 1.29 is 19.1 Å². The van der Waals surface area contributed by atoms with E-state index in [9.17, 15) is 9.59 Å². The third kappa shape index (κ3) is 7.49. The Labute approximate surface area is 132 Å². The van der Waals surface area contributed by atoms with Crippen LogP contribution in [0.3, 0.4) is 0 Å². The highest BCUT2D eigenvalue weighted by Crippen LogP contribution is 2.08. The topological polar surface area (TPSA) is 79.9 Å². The third-order valence-corrected chi connectivity index (χ3v) is 3.21. The smallest absolute Gasteiger partial charge is 0.407 e. The first-order valence-electron chi connectivity index (χ1n) is 7.76. The van der Waals surface area contributed by atoms with Gasteiger partial charge < -0.3 is 25.0 Å². The summed E-state index contributed by atoms with van der Waals surface area (Å²) in [6, 6.07) is -0.164. The maximum atomic E-state index is 12.1. The van der Waals surface area contributed by atoms with Gasteiger partial charge in [0.05, 0.1) is 0 Å². The number of hydrogen-bond donors (Lipinski definition) is 2. The van der Waals surface area contributed by atoms with E-state index in [1.807, 2.05) is 27.7 Å². The summed E-state index contributed by atoms with van der Waals surface area (Å²) < 4.78 is 10.5. The van der Waals surface area contributed by atoms with Crippen molar-refractivity contribution in [3.8, 4) is 0 Å². The molecular formula is C15H29N3O4. The van der Waals surface area contributed by atoms with Crippen LogP contribution in [0.2, 0.25) is 0 Å². The number of carbonyl (C=O) groups excluding carboxylic acids is 2. The van der Waals surface area contributed by atoms with Gasteiger partial charge in [-0.1, -0.05) is 0 Å². The van der Waals surface area contributed by atoms with Gasteiger partial charge in [0.25, 0.3) is 0 Å². The molecular weight excluding hydrogens is 286 g/mol. The number of nitrogens with zero attached hydrogens (tertiary/aromatic N) is 1. The summed E-state index contributed by atoms with van der Waals surface area (Å²) in [4.78, 5) is 25.3. The fourth-order valence-electron chi connectivity index (χ4n) is 2.17. The summed E-state index contributed by atoms with van der Waals surface area (Å²) in [6.45, 7) is 9.05. The van der Waals surface area contributed by atoms with Gasteiger partial charge in [-0.05, 0) is 40.5 Å². The number of alkyl carbamates (subject to hydrolysis) is 1. The van der Waals surface area contributed by atoms with Crippen LogP contribution in [0, 0.1) is 0 Å². The number of urea groups is 1. The second-order valence-electron chi connectivity index (χ2n) is 6.76. The van der Waals surface area contributed by atoms with E-state index in [2.05, 4.69) is 10.6 Å². The van der Waals surface area contributed by atoms with E-state index in [1.54, 1.807) is 11.9 Å². The molecule has 1 saturated heterocycles. The molecule has 0 aromatic heterocycles. The number of amides is 3. The van der Waals surface area contributed by atoms with Crippen molar-refractivity contribution in [3.05, 3.63) is 0 Å². The van der Waals surface area contributed by atoms with Crippen LogP contribution in [0.1, 0.15) is 40.5 Å². The van der Waals surface area contributed by atoms with Gasteiger partial charge in [-0.15, -0.1) is 0 Å². The summed E-state index contributed by atoms with van der Waals surface area (Å²) in [6.07, 6.45) is 1.20. The van der Waals surface area contributed by atoms with Crippen LogP contribution in [0.5, 0.6) is 0 Å². The summed E-state index contributed by atoms with van der Waals surface area (Å²) in [5, 5.41) is 5.70. The molecule has 1 aliphatic heterocycles. The molecule has 2 N–H and O–H groups in total. The SMILES string of the molecule is CC(CN(C)C(=O)NC1CCOCC1)NC(=O)OC(C)(C)C. The zero-order valence-electron chi connectivity index (χ0n) is 14.3.